The molecule has 2 nitrogen and oxygen atoms in total. The summed E-state index contributed by atoms with van der Waals surface area (Å²) in [5.41, 5.74) is 6.13. The van der Waals surface area contributed by atoms with Crippen molar-refractivity contribution in [3.63, 3.8) is 0 Å². The van der Waals surface area contributed by atoms with Gasteiger partial charge in [0.05, 0.1) is 11.6 Å². The number of halogens is 1. The Morgan fingerprint density at radius 2 is 2.31 bits per heavy atom. The molecule has 0 saturated carbocycles. The molecular weight excluding hydrogens is 206 g/mol. The Labute approximate surface area is 87.6 Å². The lowest BCUT2D eigenvalue weighted by atomic mass is 10.2. The van der Waals surface area contributed by atoms with E-state index in [9.17, 15) is 0 Å². The smallest absolute Gasteiger partial charge is 0.120 e. The van der Waals surface area contributed by atoms with E-state index < -0.39 is 0 Å². The van der Waals surface area contributed by atoms with Crippen LogP contribution in [0.25, 0.3) is 0 Å². The van der Waals surface area contributed by atoms with E-state index in [1.165, 1.54) is 0 Å². The molecule has 0 unspecified atom stereocenters. The molecule has 0 aliphatic heterocycles. The zero-order valence-corrected chi connectivity index (χ0v) is 8.78. The number of hydrogen-bond acceptors (Lipinski definition) is 2. The van der Waals surface area contributed by atoms with Crippen LogP contribution >= 0.6 is 23.8 Å². The summed E-state index contributed by atoms with van der Waals surface area (Å²) in [4.78, 5) is 0.299. The monoisotopic (exact) mass is 215 g/mol. The highest BCUT2D eigenvalue weighted by molar-refractivity contribution is 7.80. The topological polar surface area (TPSA) is 35.2 Å². The standard InChI is InChI=1S/C9H10ClNOS/c1-2-12-6-3-4-7(9(11)13)8(10)5-6/h3-5H,2H2,1H3,(H2,11,13). The van der Waals surface area contributed by atoms with Crippen LogP contribution < -0.4 is 10.5 Å². The Morgan fingerprint density at radius 3 is 2.77 bits per heavy atom. The third-order valence-corrected chi connectivity index (χ3v) is 2.05. The summed E-state index contributed by atoms with van der Waals surface area (Å²) in [5, 5.41) is 0.526. The van der Waals surface area contributed by atoms with Crippen molar-refractivity contribution in [3.05, 3.63) is 28.8 Å². The van der Waals surface area contributed by atoms with Crippen molar-refractivity contribution in [1.29, 1.82) is 0 Å². The second-order valence-corrected chi connectivity index (χ2v) is 3.29. The Bertz CT molecular complexity index is 327. The molecule has 0 bridgehead atoms. The summed E-state index contributed by atoms with van der Waals surface area (Å²) in [6.07, 6.45) is 0. The molecule has 13 heavy (non-hydrogen) atoms. The van der Waals surface area contributed by atoms with Crippen LogP contribution in [-0.4, -0.2) is 11.6 Å². The van der Waals surface area contributed by atoms with Gasteiger partial charge >= 0.3 is 0 Å². The van der Waals surface area contributed by atoms with E-state index >= 15 is 0 Å². The quantitative estimate of drug-likeness (QED) is 0.787. The van der Waals surface area contributed by atoms with Gasteiger partial charge in [-0.2, -0.15) is 0 Å². The molecule has 1 aromatic rings. The molecule has 0 spiro atoms. The van der Waals surface area contributed by atoms with Gasteiger partial charge in [-0.25, -0.2) is 0 Å². The van der Waals surface area contributed by atoms with Gasteiger partial charge < -0.3 is 10.5 Å². The first-order valence-electron chi connectivity index (χ1n) is 3.87. The lowest BCUT2D eigenvalue weighted by Crippen LogP contribution is -2.09. The molecule has 0 amide bonds. The highest BCUT2D eigenvalue weighted by atomic mass is 35.5. The Balaban J connectivity index is 2.98. The Hall–Kier alpha value is -0.800. The average Bonchev–Trinajstić information content (AvgIpc) is 2.04. The Kier molecular flexibility index (Phi) is 3.51. The van der Waals surface area contributed by atoms with Crippen LogP contribution in [0.2, 0.25) is 5.02 Å². The number of nitrogens with two attached hydrogens (primary N) is 1. The van der Waals surface area contributed by atoms with Crippen molar-refractivity contribution in [2.45, 2.75) is 6.92 Å². The molecule has 0 aliphatic rings. The second-order valence-electron chi connectivity index (χ2n) is 2.44. The molecule has 0 heterocycles. The van der Waals surface area contributed by atoms with Crippen LogP contribution in [0.15, 0.2) is 18.2 Å². The van der Waals surface area contributed by atoms with Gasteiger partial charge in [-0.1, -0.05) is 23.8 Å². The fourth-order valence-corrected chi connectivity index (χ4v) is 1.46. The van der Waals surface area contributed by atoms with E-state index in [1.807, 2.05) is 6.92 Å². The van der Waals surface area contributed by atoms with E-state index in [0.717, 1.165) is 5.75 Å². The van der Waals surface area contributed by atoms with Gasteiger partial charge in [0.2, 0.25) is 0 Å². The summed E-state index contributed by atoms with van der Waals surface area (Å²) in [6, 6.07) is 5.26. The predicted octanol–water partition coefficient (Wildman–Crippen LogP) is 2.37. The summed E-state index contributed by atoms with van der Waals surface area (Å²) < 4.78 is 5.25. The number of thiocarbonyl (C=S) groups is 1. The van der Waals surface area contributed by atoms with Crippen LogP contribution in [0.1, 0.15) is 12.5 Å². The number of ether oxygens (including phenoxy) is 1. The first-order chi connectivity index (χ1) is 6.15. The predicted molar refractivity (Wildman–Crippen MR) is 58.5 cm³/mol. The molecule has 0 fully saturated rings. The molecule has 1 rings (SSSR count). The summed E-state index contributed by atoms with van der Waals surface area (Å²) in [5.74, 6) is 0.729. The minimum atomic E-state index is 0.299. The van der Waals surface area contributed by atoms with Gasteiger partial charge in [0.25, 0.3) is 0 Å². The van der Waals surface area contributed by atoms with Gasteiger partial charge in [0.1, 0.15) is 10.7 Å². The van der Waals surface area contributed by atoms with E-state index in [1.54, 1.807) is 18.2 Å². The minimum absolute atomic E-state index is 0.299. The molecule has 4 heteroatoms. The molecule has 70 valence electrons. The van der Waals surface area contributed by atoms with Crippen LogP contribution in [0.5, 0.6) is 5.75 Å². The van der Waals surface area contributed by atoms with Crippen LogP contribution in [0.3, 0.4) is 0 Å². The first-order valence-corrected chi connectivity index (χ1v) is 4.66. The fraction of sp³-hybridized carbons (Fsp3) is 0.222. The van der Waals surface area contributed by atoms with E-state index in [0.29, 0.717) is 22.2 Å². The largest absolute Gasteiger partial charge is 0.494 e. The Morgan fingerprint density at radius 1 is 1.62 bits per heavy atom. The summed E-state index contributed by atoms with van der Waals surface area (Å²) >= 11 is 10.7. The normalized spacial score (nSPS) is 9.69. The number of hydrogen-bond donors (Lipinski definition) is 1. The lowest BCUT2D eigenvalue weighted by molar-refractivity contribution is 0.340. The highest BCUT2D eigenvalue weighted by Gasteiger charge is 2.03. The fourth-order valence-electron chi connectivity index (χ4n) is 0.952. The van der Waals surface area contributed by atoms with Crippen LogP contribution in [-0.2, 0) is 0 Å². The van der Waals surface area contributed by atoms with Gasteiger partial charge in [-0.3, -0.25) is 0 Å². The van der Waals surface area contributed by atoms with Crippen LogP contribution in [0, 0.1) is 0 Å². The second kappa shape index (κ2) is 4.44. The SMILES string of the molecule is CCOc1ccc(C(N)=S)c(Cl)c1. The maximum absolute atomic E-state index is 5.91. The van der Waals surface area contributed by atoms with Crippen molar-refractivity contribution >= 4 is 28.8 Å². The minimum Gasteiger partial charge on any atom is -0.494 e. The maximum Gasteiger partial charge on any atom is 0.120 e. The first kappa shape index (κ1) is 10.3. The molecule has 1 aromatic carbocycles. The van der Waals surface area contributed by atoms with Crippen molar-refractivity contribution in [1.82, 2.24) is 0 Å². The molecule has 0 aliphatic carbocycles. The van der Waals surface area contributed by atoms with E-state index in [2.05, 4.69) is 0 Å². The average molecular weight is 216 g/mol. The molecule has 0 saturated heterocycles. The molecule has 0 aromatic heterocycles. The number of rotatable bonds is 3. The number of benzene rings is 1. The van der Waals surface area contributed by atoms with Gasteiger partial charge in [0.15, 0.2) is 0 Å². The maximum atomic E-state index is 5.91. The van der Waals surface area contributed by atoms with Crippen molar-refractivity contribution in [2.75, 3.05) is 6.61 Å². The van der Waals surface area contributed by atoms with Crippen molar-refractivity contribution in [2.24, 2.45) is 5.73 Å². The molecule has 0 radical (unpaired) electrons. The van der Waals surface area contributed by atoms with E-state index in [4.69, 9.17) is 34.3 Å². The molecule has 0 atom stereocenters. The summed E-state index contributed by atoms with van der Waals surface area (Å²) in [7, 11) is 0. The third kappa shape index (κ3) is 2.57. The van der Waals surface area contributed by atoms with Gasteiger partial charge in [0, 0.05) is 5.56 Å². The van der Waals surface area contributed by atoms with Gasteiger partial charge in [-0.05, 0) is 25.1 Å². The highest BCUT2D eigenvalue weighted by Crippen LogP contribution is 2.22. The summed E-state index contributed by atoms with van der Waals surface area (Å²) in [6.45, 7) is 2.53. The third-order valence-electron chi connectivity index (χ3n) is 1.52. The van der Waals surface area contributed by atoms with Crippen molar-refractivity contribution in [3.8, 4) is 5.75 Å². The molecular formula is C9H10ClNOS. The van der Waals surface area contributed by atoms with Crippen molar-refractivity contribution < 1.29 is 4.74 Å². The van der Waals surface area contributed by atoms with E-state index in [-0.39, 0.29) is 0 Å². The zero-order valence-electron chi connectivity index (χ0n) is 7.21. The van der Waals surface area contributed by atoms with Gasteiger partial charge in [-0.15, -0.1) is 0 Å². The zero-order chi connectivity index (χ0) is 9.84. The molecule has 2 N–H and O–H groups in total. The lowest BCUT2D eigenvalue weighted by Gasteiger charge is -2.05. The van der Waals surface area contributed by atoms with Crippen LogP contribution in [0.4, 0.5) is 0 Å².